The van der Waals surface area contributed by atoms with Crippen molar-refractivity contribution in [1.29, 1.82) is 0 Å². The zero-order chi connectivity index (χ0) is 12.1. The van der Waals surface area contributed by atoms with Gasteiger partial charge in [-0.15, -0.1) is 0 Å². The number of carbonyl (C=O) groups excluding carboxylic acids is 1. The summed E-state index contributed by atoms with van der Waals surface area (Å²) in [5.41, 5.74) is 0. The highest BCUT2D eigenvalue weighted by atomic mass is 32.2. The second-order valence-corrected chi connectivity index (χ2v) is 5.01. The van der Waals surface area contributed by atoms with E-state index in [-0.39, 0.29) is 11.9 Å². The van der Waals surface area contributed by atoms with Crippen LogP contribution in [0.5, 0.6) is 0 Å². The van der Waals surface area contributed by atoms with E-state index in [1.807, 2.05) is 0 Å². The Hall–Kier alpha value is -1.08. The van der Waals surface area contributed by atoms with E-state index in [1.54, 1.807) is 18.7 Å². The van der Waals surface area contributed by atoms with Crippen LogP contribution in [-0.4, -0.2) is 46.7 Å². The molecule has 1 atom stereocenters. The second kappa shape index (κ2) is 6.02. The number of carbonyl (C=O) groups is 1. The third-order valence-corrected chi connectivity index (χ3v) is 3.51. The average Bonchev–Trinajstić information content (AvgIpc) is 2.76. The molecule has 17 heavy (non-hydrogen) atoms. The fourth-order valence-corrected chi connectivity index (χ4v) is 2.53. The lowest BCUT2D eigenvalue weighted by Crippen LogP contribution is -2.49. The second-order valence-electron chi connectivity index (χ2n) is 3.86. The van der Waals surface area contributed by atoms with Crippen LogP contribution in [-0.2, 0) is 11.2 Å². The van der Waals surface area contributed by atoms with Crippen molar-refractivity contribution in [2.45, 2.75) is 19.4 Å². The Morgan fingerprint density at radius 1 is 1.71 bits per heavy atom. The fourth-order valence-electron chi connectivity index (χ4n) is 1.59. The molecule has 1 saturated heterocycles. The first-order valence-corrected chi connectivity index (χ1v) is 6.79. The minimum absolute atomic E-state index is 0.0495. The van der Waals surface area contributed by atoms with Gasteiger partial charge in [0.15, 0.2) is 5.82 Å². The zero-order valence-electron chi connectivity index (χ0n) is 9.73. The molecule has 1 aromatic heterocycles. The molecule has 1 unspecified atom stereocenters. The maximum Gasteiger partial charge on any atom is 0.238 e. The van der Waals surface area contributed by atoms with E-state index >= 15 is 0 Å². The van der Waals surface area contributed by atoms with Gasteiger partial charge in [0, 0.05) is 31.0 Å². The Kier molecular flexibility index (Phi) is 4.38. The first kappa shape index (κ1) is 12.4. The van der Waals surface area contributed by atoms with E-state index in [4.69, 9.17) is 4.52 Å². The Morgan fingerprint density at radius 3 is 3.24 bits per heavy atom. The van der Waals surface area contributed by atoms with Crippen LogP contribution in [0.3, 0.4) is 0 Å². The fraction of sp³-hybridized carbons (Fsp3) is 0.700. The quantitative estimate of drug-likeness (QED) is 0.773. The lowest BCUT2D eigenvalue weighted by atomic mass is 10.3. The van der Waals surface area contributed by atoms with Crippen molar-refractivity contribution in [3.05, 3.63) is 11.7 Å². The van der Waals surface area contributed by atoms with Crippen molar-refractivity contribution < 1.29 is 9.32 Å². The van der Waals surface area contributed by atoms with Crippen molar-refractivity contribution in [2.75, 3.05) is 24.6 Å². The topological polar surface area (TPSA) is 80.0 Å². The van der Waals surface area contributed by atoms with Gasteiger partial charge in [0.05, 0.1) is 6.04 Å². The summed E-state index contributed by atoms with van der Waals surface area (Å²) in [6, 6.07) is -0.0711. The standard InChI is InChI=1S/C10H16N4O2S/c1-7-13-9(16-14-7)2-3-12-10(15)8-6-17-5-4-11-8/h8,11H,2-6H2,1H3,(H,12,15). The van der Waals surface area contributed by atoms with Crippen molar-refractivity contribution in [2.24, 2.45) is 0 Å². The van der Waals surface area contributed by atoms with Gasteiger partial charge in [-0.2, -0.15) is 16.7 Å². The Balaban J connectivity index is 1.69. The maximum absolute atomic E-state index is 11.7. The summed E-state index contributed by atoms with van der Waals surface area (Å²) in [5, 5.41) is 9.74. The van der Waals surface area contributed by atoms with Crippen molar-refractivity contribution in [3.63, 3.8) is 0 Å². The van der Waals surface area contributed by atoms with Crippen LogP contribution >= 0.6 is 11.8 Å². The summed E-state index contributed by atoms with van der Waals surface area (Å²) in [7, 11) is 0. The smallest absolute Gasteiger partial charge is 0.238 e. The molecule has 6 nitrogen and oxygen atoms in total. The summed E-state index contributed by atoms with van der Waals surface area (Å²) in [6.07, 6.45) is 0.576. The van der Waals surface area contributed by atoms with Crippen LogP contribution in [0.2, 0.25) is 0 Å². The Bertz CT molecular complexity index is 376. The van der Waals surface area contributed by atoms with Crippen LogP contribution in [0.15, 0.2) is 4.52 Å². The van der Waals surface area contributed by atoms with Gasteiger partial charge >= 0.3 is 0 Å². The molecule has 1 amide bonds. The molecular formula is C10H16N4O2S. The zero-order valence-corrected chi connectivity index (χ0v) is 10.5. The monoisotopic (exact) mass is 256 g/mol. The van der Waals surface area contributed by atoms with Crippen LogP contribution in [0.4, 0.5) is 0 Å². The predicted octanol–water partition coefficient (Wildman–Crippen LogP) is -0.258. The lowest BCUT2D eigenvalue weighted by Gasteiger charge is -2.21. The molecular weight excluding hydrogens is 240 g/mol. The molecule has 2 heterocycles. The molecule has 1 aliphatic rings. The number of thioether (sulfide) groups is 1. The highest BCUT2D eigenvalue weighted by Gasteiger charge is 2.20. The van der Waals surface area contributed by atoms with Crippen LogP contribution in [0, 0.1) is 6.92 Å². The Morgan fingerprint density at radius 2 is 2.59 bits per heavy atom. The van der Waals surface area contributed by atoms with E-state index in [9.17, 15) is 4.79 Å². The van der Waals surface area contributed by atoms with E-state index in [0.29, 0.717) is 24.7 Å². The third kappa shape index (κ3) is 3.71. The van der Waals surface area contributed by atoms with Gasteiger partial charge in [-0.05, 0) is 6.92 Å². The molecule has 7 heteroatoms. The number of rotatable bonds is 4. The minimum atomic E-state index is -0.0711. The van der Waals surface area contributed by atoms with Crippen molar-refractivity contribution >= 4 is 17.7 Å². The molecule has 94 valence electrons. The van der Waals surface area contributed by atoms with E-state index < -0.39 is 0 Å². The molecule has 0 bridgehead atoms. The van der Waals surface area contributed by atoms with E-state index in [1.165, 1.54) is 0 Å². The number of nitrogens with one attached hydrogen (secondary N) is 2. The summed E-state index contributed by atoms with van der Waals surface area (Å²) < 4.78 is 4.96. The normalized spacial score (nSPS) is 20.2. The number of hydrogen-bond donors (Lipinski definition) is 2. The van der Waals surface area contributed by atoms with E-state index in [2.05, 4.69) is 20.8 Å². The molecule has 1 aromatic rings. The first-order chi connectivity index (χ1) is 8.25. The molecule has 2 rings (SSSR count). The minimum Gasteiger partial charge on any atom is -0.354 e. The molecule has 0 radical (unpaired) electrons. The number of aromatic nitrogens is 2. The number of aryl methyl sites for hydroxylation is 1. The number of amides is 1. The predicted molar refractivity (Wildman–Crippen MR) is 64.9 cm³/mol. The third-order valence-electron chi connectivity index (χ3n) is 2.45. The summed E-state index contributed by atoms with van der Waals surface area (Å²) in [4.78, 5) is 15.8. The maximum atomic E-state index is 11.7. The highest BCUT2D eigenvalue weighted by molar-refractivity contribution is 7.99. The molecule has 0 spiro atoms. The Labute approximate surface area is 104 Å². The van der Waals surface area contributed by atoms with Crippen molar-refractivity contribution in [3.8, 4) is 0 Å². The largest absolute Gasteiger partial charge is 0.354 e. The van der Waals surface area contributed by atoms with Gasteiger partial charge in [-0.1, -0.05) is 5.16 Å². The van der Waals surface area contributed by atoms with Gasteiger partial charge in [0.1, 0.15) is 0 Å². The molecule has 1 aliphatic heterocycles. The number of nitrogens with zero attached hydrogens (tertiary/aromatic N) is 2. The van der Waals surface area contributed by atoms with Gasteiger partial charge in [-0.3, -0.25) is 4.79 Å². The van der Waals surface area contributed by atoms with Gasteiger partial charge in [0.2, 0.25) is 11.8 Å². The molecule has 0 saturated carbocycles. The van der Waals surface area contributed by atoms with Crippen LogP contribution < -0.4 is 10.6 Å². The average molecular weight is 256 g/mol. The van der Waals surface area contributed by atoms with Gasteiger partial charge in [0.25, 0.3) is 0 Å². The van der Waals surface area contributed by atoms with Crippen LogP contribution in [0.25, 0.3) is 0 Å². The van der Waals surface area contributed by atoms with Gasteiger partial charge in [-0.25, -0.2) is 0 Å². The molecule has 0 aromatic carbocycles. The summed E-state index contributed by atoms with van der Waals surface area (Å²) in [6.45, 7) is 3.20. The van der Waals surface area contributed by atoms with Gasteiger partial charge < -0.3 is 15.2 Å². The summed E-state index contributed by atoms with van der Waals surface area (Å²) >= 11 is 1.80. The summed E-state index contributed by atoms with van der Waals surface area (Å²) in [5.74, 6) is 3.15. The lowest BCUT2D eigenvalue weighted by molar-refractivity contribution is -0.122. The first-order valence-electron chi connectivity index (χ1n) is 5.64. The molecule has 0 aliphatic carbocycles. The van der Waals surface area contributed by atoms with E-state index in [0.717, 1.165) is 18.1 Å². The number of hydrogen-bond acceptors (Lipinski definition) is 6. The molecule has 2 N–H and O–H groups in total. The SMILES string of the molecule is Cc1noc(CCNC(=O)C2CSCCN2)n1. The van der Waals surface area contributed by atoms with Crippen LogP contribution in [0.1, 0.15) is 11.7 Å². The highest BCUT2D eigenvalue weighted by Crippen LogP contribution is 2.07. The van der Waals surface area contributed by atoms with Crippen molar-refractivity contribution in [1.82, 2.24) is 20.8 Å². The molecule has 1 fully saturated rings.